The SMILES string of the molecule is OC[C@@H]1OC(O)(CO)C[C@H]1O. The fraction of sp³-hybridized carbons (Fsp3) is 1.00. The topological polar surface area (TPSA) is 90.2 Å². The van der Waals surface area contributed by atoms with Gasteiger partial charge in [0.05, 0.1) is 19.3 Å². The van der Waals surface area contributed by atoms with E-state index in [1.165, 1.54) is 0 Å². The zero-order valence-electron chi connectivity index (χ0n) is 5.97. The molecule has 4 N–H and O–H groups in total. The van der Waals surface area contributed by atoms with Crippen molar-refractivity contribution < 1.29 is 25.2 Å². The van der Waals surface area contributed by atoms with Crippen LogP contribution >= 0.6 is 0 Å². The third-order valence-electron chi connectivity index (χ3n) is 1.76. The Kier molecular flexibility index (Phi) is 2.46. The summed E-state index contributed by atoms with van der Waals surface area (Å²) in [4.78, 5) is 0. The van der Waals surface area contributed by atoms with Crippen molar-refractivity contribution in [3.05, 3.63) is 0 Å². The van der Waals surface area contributed by atoms with Crippen LogP contribution in [0.3, 0.4) is 0 Å². The van der Waals surface area contributed by atoms with E-state index in [4.69, 9.17) is 20.1 Å². The van der Waals surface area contributed by atoms with E-state index < -0.39 is 24.6 Å². The van der Waals surface area contributed by atoms with E-state index in [9.17, 15) is 5.11 Å². The van der Waals surface area contributed by atoms with Gasteiger partial charge in [-0.15, -0.1) is 0 Å². The van der Waals surface area contributed by atoms with Crippen molar-refractivity contribution in [3.8, 4) is 0 Å². The predicted octanol–water partition coefficient (Wildman–Crippen LogP) is -2.19. The Bertz CT molecular complexity index is 139. The molecule has 1 aliphatic rings. The van der Waals surface area contributed by atoms with Gasteiger partial charge < -0.3 is 25.2 Å². The van der Waals surface area contributed by atoms with Gasteiger partial charge >= 0.3 is 0 Å². The Balaban J connectivity index is 2.55. The summed E-state index contributed by atoms with van der Waals surface area (Å²) < 4.78 is 4.77. The Morgan fingerprint density at radius 1 is 1.45 bits per heavy atom. The Labute approximate surface area is 63.8 Å². The summed E-state index contributed by atoms with van der Waals surface area (Å²) in [6, 6.07) is 0. The van der Waals surface area contributed by atoms with Crippen molar-refractivity contribution in [1.29, 1.82) is 0 Å². The molecule has 1 aliphatic heterocycles. The van der Waals surface area contributed by atoms with Crippen LogP contribution in [-0.4, -0.2) is 51.6 Å². The van der Waals surface area contributed by atoms with Gasteiger partial charge in [-0.05, 0) is 0 Å². The lowest BCUT2D eigenvalue weighted by Gasteiger charge is -2.18. The summed E-state index contributed by atoms with van der Waals surface area (Å²) in [5.74, 6) is -1.67. The molecule has 0 spiro atoms. The monoisotopic (exact) mass is 164 g/mol. The van der Waals surface area contributed by atoms with Gasteiger partial charge in [-0.1, -0.05) is 0 Å². The minimum absolute atomic E-state index is 0.0608. The summed E-state index contributed by atoms with van der Waals surface area (Å²) >= 11 is 0. The zero-order valence-corrected chi connectivity index (χ0v) is 5.97. The van der Waals surface area contributed by atoms with Crippen molar-refractivity contribution in [3.63, 3.8) is 0 Å². The molecule has 1 rings (SSSR count). The molecule has 0 aromatic rings. The molecule has 0 aromatic heterocycles. The summed E-state index contributed by atoms with van der Waals surface area (Å²) in [5.41, 5.74) is 0. The Morgan fingerprint density at radius 2 is 2.09 bits per heavy atom. The van der Waals surface area contributed by atoms with Crippen molar-refractivity contribution in [2.45, 2.75) is 24.4 Å². The first kappa shape index (κ1) is 8.89. The Morgan fingerprint density at radius 3 is 2.36 bits per heavy atom. The van der Waals surface area contributed by atoms with Crippen molar-refractivity contribution >= 4 is 0 Å². The number of hydrogen-bond acceptors (Lipinski definition) is 5. The molecule has 0 aliphatic carbocycles. The van der Waals surface area contributed by atoms with Crippen LogP contribution in [-0.2, 0) is 4.74 Å². The minimum atomic E-state index is -1.67. The van der Waals surface area contributed by atoms with Crippen LogP contribution in [0.4, 0.5) is 0 Å². The van der Waals surface area contributed by atoms with E-state index in [1.54, 1.807) is 0 Å². The molecule has 1 heterocycles. The highest BCUT2D eigenvalue weighted by Gasteiger charge is 2.43. The van der Waals surface area contributed by atoms with Crippen LogP contribution in [0, 0.1) is 0 Å². The molecular weight excluding hydrogens is 152 g/mol. The van der Waals surface area contributed by atoms with E-state index in [-0.39, 0.29) is 13.0 Å². The molecule has 5 nitrogen and oxygen atoms in total. The lowest BCUT2D eigenvalue weighted by Crippen LogP contribution is -2.33. The van der Waals surface area contributed by atoms with Crippen LogP contribution in [0.2, 0.25) is 0 Å². The van der Waals surface area contributed by atoms with Crippen LogP contribution in [0.25, 0.3) is 0 Å². The molecule has 1 saturated heterocycles. The van der Waals surface area contributed by atoms with Gasteiger partial charge in [-0.25, -0.2) is 0 Å². The van der Waals surface area contributed by atoms with Crippen LogP contribution in [0.1, 0.15) is 6.42 Å². The smallest absolute Gasteiger partial charge is 0.192 e. The van der Waals surface area contributed by atoms with Gasteiger partial charge in [-0.3, -0.25) is 0 Å². The van der Waals surface area contributed by atoms with Crippen LogP contribution in [0.5, 0.6) is 0 Å². The lowest BCUT2D eigenvalue weighted by atomic mass is 10.1. The molecule has 5 heteroatoms. The zero-order chi connectivity index (χ0) is 8.48. The van der Waals surface area contributed by atoms with Gasteiger partial charge in [0.1, 0.15) is 6.10 Å². The second-order valence-electron chi connectivity index (χ2n) is 2.71. The molecule has 0 bridgehead atoms. The molecule has 66 valence electrons. The molecular formula is C6H12O5. The molecule has 0 saturated carbocycles. The van der Waals surface area contributed by atoms with Gasteiger partial charge in [0.2, 0.25) is 0 Å². The largest absolute Gasteiger partial charge is 0.394 e. The summed E-state index contributed by atoms with van der Waals surface area (Å²) in [6.45, 7) is -0.927. The number of rotatable bonds is 2. The predicted molar refractivity (Wildman–Crippen MR) is 34.6 cm³/mol. The third kappa shape index (κ3) is 1.69. The molecule has 0 amide bonds. The highest BCUT2D eigenvalue weighted by molar-refractivity contribution is 4.85. The minimum Gasteiger partial charge on any atom is -0.394 e. The molecule has 1 unspecified atom stereocenters. The lowest BCUT2D eigenvalue weighted by molar-refractivity contribution is -0.217. The fourth-order valence-corrected chi connectivity index (χ4v) is 1.13. The maximum absolute atomic E-state index is 9.23. The van der Waals surface area contributed by atoms with E-state index in [0.29, 0.717) is 0 Å². The molecule has 0 radical (unpaired) electrons. The van der Waals surface area contributed by atoms with Crippen molar-refractivity contribution in [1.82, 2.24) is 0 Å². The fourth-order valence-electron chi connectivity index (χ4n) is 1.13. The number of ether oxygens (including phenoxy) is 1. The van der Waals surface area contributed by atoms with Gasteiger partial charge in [-0.2, -0.15) is 0 Å². The van der Waals surface area contributed by atoms with E-state index >= 15 is 0 Å². The second-order valence-corrected chi connectivity index (χ2v) is 2.71. The first-order valence-corrected chi connectivity index (χ1v) is 3.41. The third-order valence-corrected chi connectivity index (χ3v) is 1.76. The highest BCUT2D eigenvalue weighted by Crippen LogP contribution is 2.27. The van der Waals surface area contributed by atoms with Gasteiger partial charge in [0.25, 0.3) is 0 Å². The summed E-state index contributed by atoms with van der Waals surface area (Å²) in [7, 11) is 0. The average molecular weight is 164 g/mol. The van der Waals surface area contributed by atoms with Gasteiger partial charge in [0, 0.05) is 6.42 Å². The highest BCUT2D eigenvalue weighted by atomic mass is 16.7. The normalized spacial score (nSPS) is 44.7. The number of aliphatic hydroxyl groups is 4. The first-order valence-electron chi connectivity index (χ1n) is 3.41. The van der Waals surface area contributed by atoms with Crippen molar-refractivity contribution in [2.24, 2.45) is 0 Å². The second kappa shape index (κ2) is 3.04. The number of aliphatic hydroxyl groups excluding tert-OH is 3. The molecule has 1 fully saturated rings. The molecule has 3 atom stereocenters. The standard InChI is InChI=1S/C6H12O5/c7-2-5-4(9)1-6(10,3-8)11-5/h4-5,7-10H,1-3H2/t4-,5+,6?/m1/s1. The maximum Gasteiger partial charge on any atom is 0.192 e. The quantitative estimate of drug-likeness (QED) is 0.372. The van der Waals surface area contributed by atoms with Crippen LogP contribution in [0.15, 0.2) is 0 Å². The van der Waals surface area contributed by atoms with Crippen LogP contribution < -0.4 is 0 Å². The Hall–Kier alpha value is -0.200. The maximum atomic E-state index is 9.23. The first-order chi connectivity index (χ1) is 5.11. The summed E-state index contributed by atoms with van der Waals surface area (Å²) in [6.07, 6.45) is -1.75. The van der Waals surface area contributed by atoms with E-state index in [1.807, 2.05) is 0 Å². The molecule has 11 heavy (non-hydrogen) atoms. The van der Waals surface area contributed by atoms with Crippen molar-refractivity contribution in [2.75, 3.05) is 13.2 Å². The van der Waals surface area contributed by atoms with E-state index in [0.717, 1.165) is 0 Å². The average Bonchev–Trinajstić information content (AvgIpc) is 2.27. The number of hydrogen-bond donors (Lipinski definition) is 4. The molecule has 0 aromatic carbocycles. The van der Waals surface area contributed by atoms with E-state index in [2.05, 4.69) is 0 Å². The summed E-state index contributed by atoms with van der Waals surface area (Å²) in [5, 5.41) is 35.5. The van der Waals surface area contributed by atoms with Gasteiger partial charge in [0.15, 0.2) is 5.79 Å².